The number of carboxylic acids is 1. The third kappa shape index (κ3) is 1.50. The van der Waals surface area contributed by atoms with Gasteiger partial charge in [-0.1, -0.05) is 17.7 Å². The minimum Gasteiger partial charge on any atom is -0.478 e. The maximum Gasteiger partial charge on any atom is 0.336 e. The smallest absolute Gasteiger partial charge is 0.336 e. The zero-order valence-corrected chi connectivity index (χ0v) is 9.79. The van der Waals surface area contributed by atoms with Crippen molar-refractivity contribution in [2.24, 2.45) is 0 Å². The molecule has 1 N–H and O–H groups in total. The van der Waals surface area contributed by atoms with Gasteiger partial charge in [-0.2, -0.15) is 0 Å². The lowest BCUT2D eigenvalue weighted by Crippen LogP contribution is -2.05. The third-order valence-electron chi connectivity index (χ3n) is 3.20. The highest BCUT2D eigenvalue weighted by atomic mass is 35.5. The van der Waals surface area contributed by atoms with Crippen LogP contribution in [0.3, 0.4) is 0 Å². The summed E-state index contributed by atoms with van der Waals surface area (Å²) in [7, 11) is 0. The summed E-state index contributed by atoms with van der Waals surface area (Å²) in [5.41, 5.74) is 2.79. The van der Waals surface area contributed by atoms with E-state index in [2.05, 4.69) is 4.98 Å². The van der Waals surface area contributed by atoms with Crippen LogP contribution in [-0.2, 0) is 12.8 Å². The van der Waals surface area contributed by atoms with Crippen LogP contribution in [-0.4, -0.2) is 16.1 Å². The molecule has 0 saturated carbocycles. The largest absolute Gasteiger partial charge is 0.478 e. The van der Waals surface area contributed by atoms with Gasteiger partial charge in [0.25, 0.3) is 0 Å². The van der Waals surface area contributed by atoms with E-state index in [9.17, 15) is 9.90 Å². The average Bonchev–Trinajstić information content (AvgIpc) is 2.73. The molecular formula is C13H10ClNO2. The van der Waals surface area contributed by atoms with E-state index in [4.69, 9.17) is 11.6 Å². The minimum absolute atomic E-state index is 0.341. The van der Waals surface area contributed by atoms with Gasteiger partial charge in [-0.15, -0.1) is 0 Å². The maximum absolute atomic E-state index is 11.4. The number of aryl methyl sites for hydroxylation is 1. The molecule has 0 atom stereocenters. The molecule has 86 valence electrons. The first-order valence-electron chi connectivity index (χ1n) is 5.52. The van der Waals surface area contributed by atoms with Gasteiger partial charge in [-0.3, -0.25) is 4.98 Å². The zero-order valence-electron chi connectivity index (χ0n) is 9.03. The quantitative estimate of drug-likeness (QED) is 0.843. The van der Waals surface area contributed by atoms with Crippen molar-refractivity contribution < 1.29 is 9.90 Å². The number of hydrogen-bond acceptors (Lipinski definition) is 2. The second kappa shape index (κ2) is 3.70. The van der Waals surface area contributed by atoms with Crippen molar-refractivity contribution in [1.82, 2.24) is 4.98 Å². The highest BCUT2D eigenvalue weighted by Crippen LogP contribution is 2.33. The van der Waals surface area contributed by atoms with E-state index in [-0.39, 0.29) is 0 Å². The predicted molar refractivity (Wildman–Crippen MR) is 65.7 cm³/mol. The SMILES string of the molecule is O=C(O)c1c2c(nc3cccc(Cl)c13)CCC2. The number of fused-ring (bicyclic) bond motifs is 2. The molecule has 0 fully saturated rings. The van der Waals surface area contributed by atoms with E-state index < -0.39 is 5.97 Å². The Morgan fingerprint density at radius 1 is 1.35 bits per heavy atom. The van der Waals surface area contributed by atoms with Crippen molar-refractivity contribution in [3.05, 3.63) is 40.0 Å². The molecule has 1 aliphatic rings. The first kappa shape index (κ1) is 10.5. The number of carboxylic acid groups (broad SMARTS) is 1. The summed E-state index contributed by atoms with van der Waals surface area (Å²) < 4.78 is 0. The molecule has 0 unspecified atom stereocenters. The Kier molecular flexibility index (Phi) is 2.30. The van der Waals surface area contributed by atoms with Gasteiger partial charge in [0.1, 0.15) is 0 Å². The fourth-order valence-corrected chi connectivity index (χ4v) is 2.77. The van der Waals surface area contributed by atoms with E-state index in [0.717, 1.165) is 30.5 Å². The molecule has 0 aliphatic heterocycles. The molecule has 17 heavy (non-hydrogen) atoms. The summed E-state index contributed by atoms with van der Waals surface area (Å²) in [6.07, 6.45) is 2.61. The molecule has 4 heteroatoms. The molecule has 0 amide bonds. The van der Waals surface area contributed by atoms with Gasteiger partial charge < -0.3 is 5.11 Å². The summed E-state index contributed by atoms with van der Waals surface area (Å²) in [4.78, 5) is 16.0. The molecule has 0 spiro atoms. The van der Waals surface area contributed by atoms with Crippen LogP contribution in [0.1, 0.15) is 28.0 Å². The van der Waals surface area contributed by atoms with Gasteiger partial charge in [-0.05, 0) is 37.0 Å². The zero-order chi connectivity index (χ0) is 12.0. The summed E-state index contributed by atoms with van der Waals surface area (Å²) in [6.45, 7) is 0. The Hall–Kier alpha value is -1.61. The lowest BCUT2D eigenvalue weighted by atomic mass is 10.0. The number of nitrogens with zero attached hydrogens (tertiary/aromatic N) is 1. The first-order chi connectivity index (χ1) is 8.18. The van der Waals surface area contributed by atoms with Crippen molar-refractivity contribution in [2.45, 2.75) is 19.3 Å². The fourth-order valence-electron chi connectivity index (χ4n) is 2.51. The standard InChI is InChI=1S/C13H10ClNO2/c14-8-4-2-6-10-12(8)11(13(16)17)7-3-1-5-9(7)15-10/h2,4,6H,1,3,5H2,(H,16,17). The highest BCUT2D eigenvalue weighted by molar-refractivity contribution is 6.36. The van der Waals surface area contributed by atoms with Crippen LogP contribution < -0.4 is 0 Å². The first-order valence-corrected chi connectivity index (χ1v) is 5.89. The van der Waals surface area contributed by atoms with E-state index in [1.54, 1.807) is 12.1 Å². The molecule has 3 rings (SSSR count). The third-order valence-corrected chi connectivity index (χ3v) is 3.52. The monoisotopic (exact) mass is 247 g/mol. The van der Waals surface area contributed by atoms with Crippen LogP contribution in [0, 0.1) is 0 Å². The molecule has 1 heterocycles. The number of halogens is 1. The Morgan fingerprint density at radius 3 is 2.94 bits per heavy atom. The van der Waals surface area contributed by atoms with Crippen LogP contribution in [0.5, 0.6) is 0 Å². The average molecular weight is 248 g/mol. The molecule has 1 aliphatic carbocycles. The van der Waals surface area contributed by atoms with Crippen LogP contribution >= 0.6 is 11.6 Å². The molecular weight excluding hydrogens is 238 g/mol. The number of rotatable bonds is 1. The second-order valence-corrected chi connectivity index (χ2v) is 4.61. The summed E-state index contributed by atoms with van der Waals surface area (Å²) >= 11 is 6.10. The summed E-state index contributed by atoms with van der Waals surface area (Å²) in [5, 5.41) is 10.4. The Labute approximate surface area is 103 Å². The van der Waals surface area contributed by atoms with Gasteiger partial charge in [0.15, 0.2) is 0 Å². The van der Waals surface area contributed by atoms with Crippen LogP contribution in [0.2, 0.25) is 5.02 Å². The molecule has 0 radical (unpaired) electrons. The van der Waals surface area contributed by atoms with E-state index in [1.165, 1.54) is 0 Å². The van der Waals surface area contributed by atoms with E-state index in [0.29, 0.717) is 21.5 Å². The Bertz CT molecular complexity index is 637. The number of aromatic nitrogens is 1. The summed E-state index contributed by atoms with van der Waals surface area (Å²) in [5.74, 6) is -0.913. The Morgan fingerprint density at radius 2 is 2.18 bits per heavy atom. The normalized spacial score (nSPS) is 13.9. The topological polar surface area (TPSA) is 50.2 Å². The number of pyridine rings is 1. The summed E-state index contributed by atoms with van der Waals surface area (Å²) in [6, 6.07) is 5.32. The lowest BCUT2D eigenvalue weighted by molar-refractivity contribution is 0.0698. The lowest BCUT2D eigenvalue weighted by Gasteiger charge is -2.09. The molecule has 3 nitrogen and oxygen atoms in total. The highest BCUT2D eigenvalue weighted by Gasteiger charge is 2.24. The number of aromatic carboxylic acids is 1. The molecule has 1 aromatic heterocycles. The van der Waals surface area contributed by atoms with Crippen molar-refractivity contribution >= 4 is 28.5 Å². The van der Waals surface area contributed by atoms with E-state index in [1.807, 2.05) is 6.07 Å². The van der Waals surface area contributed by atoms with Gasteiger partial charge in [0, 0.05) is 11.1 Å². The maximum atomic E-state index is 11.4. The van der Waals surface area contributed by atoms with Gasteiger partial charge >= 0.3 is 5.97 Å². The Balaban J connectivity index is 2.50. The van der Waals surface area contributed by atoms with Crippen LogP contribution in [0.25, 0.3) is 10.9 Å². The number of hydrogen-bond donors (Lipinski definition) is 1. The van der Waals surface area contributed by atoms with Crippen molar-refractivity contribution in [2.75, 3.05) is 0 Å². The molecule has 0 bridgehead atoms. The molecule has 0 saturated heterocycles. The predicted octanol–water partition coefficient (Wildman–Crippen LogP) is 3.08. The van der Waals surface area contributed by atoms with Crippen molar-refractivity contribution in [1.29, 1.82) is 0 Å². The van der Waals surface area contributed by atoms with Crippen molar-refractivity contribution in [3.8, 4) is 0 Å². The number of carbonyl (C=O) groups is 1. The van der Waals surface area contributed by atoms with Gasteiger partial charge in [-0.25, -0.2) is 4.79 Å². The fraction of sp³-hybridized carbons (Fsp3) is 0.231. The second-order valence-electron chi connectivity index (χ2n) is 4.20. The van der Waals surface area contributed by atoms with Gasteiger partial charge in [0.2, 0.25) is 0 Å². The van der Waals surface area contributed by atoms with E-state index >= 15 is 0 Å². The minimum atomic E-state index is -0.913. The molecule has 1 aromatic carbocycles. The number of benzene rings is 1. The van der Waals surface area contributed by atoms with Gasteiger partial charge in [0.05, 0.1) is 16.1 Å². The van der Waals surface area contributed by atoms with Crippen LogP contribution in [0.15, 0.2) is 18.2 Å². The van der Waals surface area contributed by atoms with Crippen LogP contribution in [0.4, 0.5) is 0 Å². The molecule has 2 aromatic rings. The van der Waals surface area contributed by atoms with Crippen molar-refractivity contribution in [3.63, 3.8) is 0 Å².